The Hall–Kier alpha value is -2.96. The average Bonchev–Trinajstić information content (AvgIpc) is 3.16. The minimum atomic E-state index is -0.758. The molecule has 2 aromatic carbocycles. The van der Waals surface area contributed by atoms with E-state index >= 15 is 0 Å². The van der Waals surface area contributed by atoms with Gasteiger partial charge in [0.05, 0.1) is 11.8 Å². The third-order valence-corrected chi connectivity index (χ3v) is 4.43. The summed E-state index contributed by atoms with van der Waals surface area (Å²) in [6.07, 6.45) is -0.255. The summed E-state index contributed by atoms with van der Waals surface area (Å²) >= 11 is 0. The van der Waals surface area contributed by atoms with Gasteiger partial charge in [0, 0.05) is 36.4 Å². The Kier molecular flexibility index (Phi) is 6.01. The molecule has 3 rings (SSSR count). The van der Waals surface area contributed by atoms with Crippen molar-refractivity contribution in [2.45, 2.75) is 19.4 Å². The molecule has 0 radical (unpaired) electrons. The molecule has 6 nitrogen and oxygen atoms in total. The van der Waals surface area contributed by atoms with Crippen LogP contribution in [-0.2, 0) is 6.42 Å². The molecule has 0 saturated carbocycles. The molecule has 1 heterocycles. The van der Waals surface area contributed by atoms with Gasteiger partial charge < -0.3 is 15.5 Å². The first-order chi connectivity index (χ1) is 13.1. The first-order valence-corrected chi connectivity index (χ1v) is 8.86. The highest BCUT2D eigenvalue weighted by Gasteiger charge is 2.14. The van der Waals surface area contributed by atoms with Crippen molar-refractivity contribution in [1.82, 2.24) is 15.5 Å². The summed E-state index contributed by atoms with van der Waals surface area (Å²) in [6.45, 7) is 2.05. The van der Waals surface area contributed by atoms with Crippen LogP contribution < -0.4 is 5.32 Å². The molecule has 1 unspecified atom stereocenters. The number of amides is 1. The molecule has 27 heavy (non-hydrogen) atoms. The van der Waals surface area contributed by atoms with Crippen molar-refractivity contribution in [3.63, 3.8) is 0 Å². The lowest BCUT2D eigenvalue weighted by molar-refractivity contribution is 0.0915. The Balaban J connectivity index is 1.72. The van der Waals surface area contributed by atoms with E-state index in [-0.39, 0.29) is 19.1 Å². The summed E-state index contributed by atoms with van der Waals surface area (Å²) < 4.78 is 0. The minimum absolute atomic E-state index is 0.0485. The number of benzene rings is 2. The van der Waals surface area contributed by atoms with Gasteiger partial charge >= 0.3 is 0 Å². The number of nitrogens with one attached hydrogen (secondary N) is 2. The van der Waals surface area contributed by atoms with Crippen molar-refractivity contribution in [2.24, 2.45) is 0 Å². The molecular formula is C21H23N3O3. The average molecular weight is 365 g/mol. The Morgan fingerprint density at radius 2 is 1.96 bits per heavy atom. The number of H-pyrrole nitrogens is 1. The molecule has 0 spiro atoms. The third kappa shape index (κ3) is 4.61. The summed E-state index contributed by atoms with van der Waals surface area (Å²) in [5.74, 6) is -0.240. The van der Waals surface area contributed by atoms with E-state index in [2.05, 4.69) is 15.5 Å². The first-order valence-electron chi connectivity index (χ1n) is 8.86. The smallest absolute Gasteiger partial charge is 0.251 e. The minimum Gasteiger partial charge on any atom is -0.396 e. The highest BCUT2D eigenvalue weighted by atomic mass is 16.3. The standard InChI is InChI=1S/C21H23N3O3/c1-14-7-8-16(19-12-17(9-10-25)23-24-19)11-18(14)21(27)22-13-20(26)15-5-3-2-4-6-15/h2-8,11-12,20,25-26H,9-10,13H2,1H3,(H,22,27)(H,23,24). The molecule has 0 aliphatic heterocycles. The number of aromatic nitrogens is 2. The third-order valence-electron chi connectivity index (χ3n) is 4.43. The molecule has 4 N–H and O–H groups in total. The molecule has 0 fully saturated rings. The summed E-state index contributed by atoms with van der Waals surface area (Å²) in [5.41, 5.74) is 4.52. The van der Waals surface area contributed by atoms with E-state index in [1.54, 1.807) is 6.07 Å². The number of carbonyl (C=O) groups is 1. The molecule has 0 aliphatic carbocycles. The molecule has 3 aromatic rings. The van der Waals surface area contributed by atoms with Gasteiger partial charge in [-0.3, -0.25) is 9.89 Å². The maximum atomic E-state index is 12.6. The van der Waals surface area contributed by atoms with E-state index in [0.29, 0.717) is 12.0 Å². The van der Waals surface area contributed by atoms with Crippen LogP contribution in [0, 0.1) is 6.92 Å². The summed E-state index contributed by atoms with van der Waals surface area (Å²) in [7, 11) is 0. The topological polar surface area (TPSA) is 98.2 Å². The van der Waals surface area contributed by atoms with Gasteiger partial charge in [0.2, 0.25) is 0 Å². The van der Waals surface area contributed by atoms with Crippen LogP contribution in [-0.4, -0.2) is 39.5 Å². The largest absolute Gasteiger partial charge is 0.396 e. The SMILES string of the molecule is Cc1ccc(-c2cc(CCO)[nH]n2)cc1C(=O)NCC(O)c1ccccc1. The molecule has 0 aliphatic rings. The first kappa shape index (κ1) is 18.8. The van der Waals surface area contributed by atoms with E-state index in [1.165, 1.54) is 0 Å². The molecule has 140 valence electrons. The van der Waals surface area contributed by atoms with E-state index < -0.39 is 6.10 Å². The second kappa shape index (κ2) is 8.62. The van der Waals surface area contributed by atoms with Crippen molar-refractivity contribution in [3.8, 4) is 11.3 Å². The number of carbonyl (C=O) groups excluding carboxylic acids is 1. The lowest BCUT2D eigenvalue weighted by atomic mass is 10.0. The van der Waals surface area contributed by atoms with Gasteiger partial charge in [-0.1, -0.05) is 42.5 Å². The molecular weight excluding hydrogens is 342 g/mol. The zero-order valence-corrected chi connectivity index (χ0v) is 15.1. The van der Waals surface area contributed by atoms with Crippen molar-refractivity contribution < 1.29 is 15.0 Å². The molecule has 1 atom stereocenters. The molecule has 1 amide bonds. The summed E-state index contributed by atoms with van der Waals surface area (Å²) in [5, 5.41) is 29.2. The zero-order valence-electron chi connectivity index (χ0n) is 15.1. The maximum absolute atomic E-state index is 12.6. The predicted molar refractivity (Wildman–Crippen MR) is 103 cm³/mol. The van der Waals surface area contributed by atoms with Gasteiger partial charge in [-0.2, -0.15) is 5.10 Å². The summed E-state index contributed by atoms with van der Waals surface area (Å²) in [4.78, 5) is 12.6. The lowest BCUT2D eigenvalue weighted by Gasteiger charge is -2.13. The second-order valence-electron chi connectivity index (χ2n) is 6.42. The van der Waals surface area contributed by atoms with Gasteiger partial charge in [-0.25, -0.2) is 0 Å². The Morgan fingerprint density at radius 1 is 1.19 bits per heavy atom. The van der Waals surface area contributed by atoms with Crippen LogP contribution in [0.3, 0.4) is 0 Å². The number of aliphatic hydroxyl groups is 2. The number of aliphatic hydroxyl groups excluding tert-OH is 2. The van der Waals surface area contributed by atoms with Crippen molar-refractivity contribution >= 4 is 5.91 Å². The fraction of sp³-hybridized carbons (Fsp3) is 0.238. The monoisotopic (exact) mass is 365 g/mol. The number of aromatic amines is 1. The number of nitrogens with zero attached hydrogens (tertiary/aromatic N) is 1. The van der Waals surface area contributed by atoms with Crippen LogP contribution in [0.1, 0.15) is 33.3 Å². The fourth-order valence-corrected chi connectivity index (χ4v) is 2.86. The van der Waals surface area contributed by atoms with Gasteiger partial charge in [0.1, 0.15) is 0 Å². The molecule has 6 heteroatoms. The van der Waals surface area contributed by atoms with E-state index in [9.17, 15) is 9.90 Å². The Morgan fingerprint density at radius 3 is 2.70 bits per heavy atom. The number of hydrogen-bond acceptors (Lipinski definition) is 4. The fourth-order valence-electron chi connectivity index (χ4n) is 2.86. The molecule has 0 saturated heterocycles. The van der Waals surface area contributed by atoms with Gasteiger partial charge in [-0.15, -0.1) is 0 Å². The Labute approximate surface area is 157 Å². The summed E-state index contributed by atoms with van der Waals surface area (Å²) in [6, 6.07) is 16.7. The number of rotatable bonds is 7. The predicted octanol–water partition coefficient (Wildman–Crippen LogP) is 2.38. The van der Waals surface area contributed by atoms with Crippen LogP contribution in [0.25, 0.3) is 11.3 Å². The van der Waals surface area contributed by atoms with Crippen LogP contribution in [0.4, 0.5) is 0 Å². The maximum Gasteiger partial charge on any atom is 0.251 e. The number of aryl methyl sites for hydroxylation is 1. The molecule has 1 aromatic heterocycles. The van der Waals surface area contributed by atoms with E-state index in [1.807, 2.05) is 55.5 Å². The number of hydrogen-bond donors (Lipinski definition) is 4. The second-order valence-corrected chi connectivity index (χ2v) is 6.42. The van der Waals surface area contributed by atoms with Crippen LogP contribution in [0.2, 0.25) is 0 Å². The van der Waals surface area contributed by atoms with Crippen molar-refractivity contribution in [1.29, 1.82) is 0 Å². The van der Waals surface area contributed by atoms with Crippen LogP contribution in [0.5, 0.6) is 0 Å². The normalized spacial score (nSPS) is 12.0. The zero-order chi connectivity index (χ0) is 19.2. The van der Waals surface area contributed by atoms with Crippen LogP contribution in [0.15, 0.2) is 54.6 Å². The van der Waals surface area contributed by atoms with Gasteiger partial charge in [-0.05, 0) is 30.2 Å². The van der Waals surface area contributed by atoms with Crippen molar-refractivity contribution in [3.05, 3.63) is 77.0 Å². The quantitative estimate of drug-likeness (QED) is 0.517. The van der Waals surface area contributed by atoms with Gasteiger partial charge in [0.25, 0.3) is 5.91 Å². The molecule has 0 bridgehead atoms. The van der Waals surface area contributed by atoms with E-state index in [0.717, 1.165) is 28.1 Å². The highest BCUT2D eigenvalue weighted by molar-refractivity contribution is 5.96. The Bertz CT molecular complexity index is 906. The lowest BCUT2D eigenvalue weighted by Crippen LogP contribution is -2.29. The van der Waals surface area contributed by atoms with Gasteiger partial charge in [0.15, 0.2) is 0 Å². The highest BCUT2D eigenvalue weighted by Crippen LogP contribution is 2.22. The van der Waals surface area contributed by atoms with Crippen LogP contribution >= 0.6 is 0 Å². The van der Waals surface area contributed by atoms with E-state index in [4.69, 9.17) is 5.11 Å². The van der Waals surface area contributed by atoms with Crippen molar-refractivity contribution in [2.75, 3.05) is 13.2 Å².